The number of hydrogen-bond acceptors (Lipinski definition) is 5. The summed E-state index contributed by atoms with van der Waals surface area (Å²) in [6, 6.07) is 5.10. The van der Waals surface area contributed by atoms with Crippen LogP contribution in [0.3, 0.4) is 0 Å². The van der Waals surface area contributed by atoms with Crippen molar-refractivity contribution in [1.29, 1.82) is 0 Å². The SMILES string of the molecule is O=C(O)C1CCC(C(=O)Nc2ccc3c(c2)OCCO3)O1. The minimum atomic E-state index is -1.04. The number of carboxylic acids is 1. The highest BCUT2D eigenvalue weighted by molar-refractivity contribution is 5.95. The van der Waals surface area contributed by atoms with Gasteiger partial charge in [0.15, 0.2) is 17.6 Å². The Labute approximate surface area is 120 Å². The number of carbonyl (C=O) groups excluding carboxylic acids is 1. The fourth-order valence-electron chi connectivity index (χ4n) is 2.36. The number of carbonyl (C=O) groups is 2. The van der Waals surface area contributed by atoms with Gasteiger partial charge in [0.1, 0.15) is 19.3 Å². The second kappa shape index (κ2) is 5.61. The van der Waals surface area contributed by atoms with Crippen molar-refractivity contribution in [3.05, 3.63) is 18.2 Å². The molecule has 7 heteroatoms. The van der Waals surface area contributed by atoms with E-state index in [1.807, 2.05) is 0 Å². The zero-order chi connectivity index (χ0) is 14.8. The van der Waals surface area contributed by atoms with E-state index < -0.39 is 18.2 Å². The first-order valence-electron chi connectivity index (χ1n) is 6.72. The third-order valence-electron chi connectivity index (χ3n) is 3.40. The standard InChI is InChI=1S/C14H15NO6/c16-13(10-3-4-11(21-10)14(17)18)15-8-1-2-9-12(7-8)20-6-5-19-9/h1-2,7,10-11H,3-6H2,(H,15,16)(H,17,18). The molecule has 0 bridgehead atoms. The molecular weight excluding hydrogens is 278 g/mol. The summed E-state index contributed by atoms with van der Waals surface area (Å²) in [7, 11) is 0. The lowest BCUT2D eigenvalue weighted by Gasteiger charge is -2.19. The molecule has 0 aliphatic carbocycles. The zero-order valence-corrected chi connectivity index (χ0v) is 11.2. The molecule has 1 aromatic rings. The molecule has 2 atom stereocenters. The molecule has 0 radical (unpaired) electrons. The van der Waals surface area contributed by atoms with Crippen LogP contribution in [0, 0.1) is 0 Å². The monoisotopic (exact) mass is 293 g/mol. The Kier molecular flexibility index (Phi) is 3.66. The highest BCUT2D eigenvalue weighted by Gasteiger charge is 2.34. The normalized spacial score (nSPS) is 23.6. The van der Waals surface area contributed by atoms with Crippen molar-refractivity contribution in [3.63, 3.8) is 0 Å². The number of amides is 1. The van der Waals surface area contributed by atoms with Crippen LogP contribution >= 0.6 is 0 Å². The van der Waals surface area contributed by atoms with Gasteiger partial charge >= 0.3 is 5.97 Å². The van der Waals surface area contributed by atoms with E-state index in [0.717, 1.165) is 0 Å². The minimum absolute atomic E-state index is 0.342. The van der Waals surface area contributed by atoms with E-state index in [-0.39, 0.29) is 5.91 Å². The average molecular weight is 293 g/mol. The summed E-state index contributed by atoms with van der Waals surface area (Å²) in [5, 5.41) is 11.5. The van der Waals surface area contributed by atoms with Gasteiger partial charge in [-0.15, -0.1) is 0 Å². The van der Waals surface area contributed by atoms with Crippen molar-refractivity contribution in [2.24, 2.45) is 0 Å². The maximum atomic E-state index is 12.0. The fraction of sp³-hybridized carbons (Fsp3) is 0.429. The van der Waals surface area contributed by atoms with E-state index >= 15 is 0 Å². The summed E-state index contributed by atoms with van der Waals surface area (Å²) in [6.45, 7) is 0.974. The Bertz CT molecular complexity index is 573. The number of anilines is 1. The maximum absolute atomic E-state index is 12.0. The highest BCUT2D eigenvalue weighted by atomic mass is 16.6. The number of rotatable bonds is 3. The Morgan fingerprint density at radius 3 is 2.52 bits per heavy atom. The molecular formula is C14H15NO6. The Morgan fingerprint density at radius 1 is 1.10 bits per heavy atom. The van der Waals surface area contributed by atoms with Crippen LogP contribution in [0.5, 0.6) is 11.5 Å². The van der Waals surface area contributed by atoms with E-state index in [1.165, 1.54) is 0 Å². The lowest BCUT2D eigenvalue weighted by molar-refractivity contribution is -0.150. The lowest BCUT2D eigenvalue weighted by atomic mass is 10.2. The predicted molar refractivity (Wildman–Crippen MR) is 71.6 cm³/mol. The molecule has 0 spiro atoms. The molecule has 0 aromatic heterocycles. The average Bonchev–Trinajstić information content (AvgIpc) is 2.97. The van der Waals surface area contributed by atoms with E-state index in [9.17, 15) is 9.59 Å². The van der Waals surface area contributed by atoms with Crippen molar-refractivity contribution in [3.8, 4) is 11.5 Å². The summed E-state index contributed by atoms with van der Waals surface area (Å²) < 4.78 is 16.0. The van der Waals surface area contributed by atoms with Crippen molar-refractivity contribution >= 4 is 17.6 Å². The summed E-state index contributed by atoms with van der Waals surface area (Å²) in [6.07, 6.45) is -0.901. The van der Waals surface area contributed by atoms with Crippen LogP contribution in [0.15, 0.2) is 18.2 Å². The number of nitrogens with one attached hydrogen (secondary N) is 1. The van der Waals surface area contributed by atoms with E-state index in [1.54, 1.807) is 18.2 Å². The van der Waals surface area contributed by atoms with Gasteiger partial charge in [0, 0.05) is 11.8 Å². The van der Waals surface area contributed by atoms with Gasteiger partial charge in [-0.3, -0.25) is 4.79 Å². The van der Waals surface area contributed by atoms with Crippen LogP contribution in [0.1, 0.15) is 12.8 Å². The van der Waals surface area contributed by atoms with Crippen LogP contribution in [-0.2, 0) is 14.3 Å². The maximum Gasteiger partial charge on any atom is 0.332 e. The van der Waals surface area contributed by atoms with Crippen LogP contribution < -0.4 is 14.8 Å². The second-order valence-electron chi connectivity index (χ2n) is 4.88. The summed E-state index contributed by atoms with van der Waals surface area (Å²) >= 11 is 0. The van der Waals surface area contributed by atoms with Crippen molar-refractivity contribution < 1.29 is 28.9 Å². The number of carboxylic acid groups (broad SMARTS) is 1. The van der Waals surface area contributed by atoms with Crippen LogP contribution in [0.4, 0.5) is 5.69 Å². The predicted octanol–water partition coefficient (Wildman–Crippen LogP) is 1.03. The third-order valence-corrected chi connectivity index (χ3v) is 3.40. The van der Waals surface area contributed by atoms with Gasteiger partial charge in [-0.1, -0.05) is 0 Å². The molecule has 2 N–H and O–H groups in total. The fourth-order valence-corrected chi connectivity index (χ4v) is 2.36. The van der Waals surface area contributed by atoms with Gasteiger partial charge < -0.3 is 24.6 Å². The van der Waals surface area contributed by atoms with Gasteiger partial charge in [0.2, 0.25) is 0 Å². The lowest BCUT2D eigenvalue weighted by Crippen LogP contribution is -2.30. The molecule has 2 heterocycles. The second-order valence-corrected chi connectivity index (χ2v) is 4.88. The largest absolute Gasteiger partial charge is 0.486 e. The first-order chi connectivity index (χ1) is 10.1. The van der Waals surface area contributed by atoms with E-state index in [4.69, 9.17) is 19.3 Å². The molecule has 2 aliphatic rings. The molecule has 3 rings (SSSR count). The number of benzene rings is 1. The molecule has 1 aromatic carbocycles. The van der Waals surface area contributed by atoms with Crippen LogP contribution in [0.25, 0.3) is 0 Å². The number of hydrogen-bond donors (Lipinski definition) is 2. The quantitative estimate of drug-likeness (QED) is 0.864. The number of aliphatic carboxylic acids is 1. The van der Waals surface area contributed by atoms with Gasteiger partial charge in [-0.25, -0.2) is 4.79 Å². The molecule has 112 valence electrons. The number of ether oxygens (including phenoxy) is 3. The molecule has 0 saturated carbocycles. The minimum Gasteiger partial charge on any atom is -0.486 e. The van der Waals surface area contributed by atoms with Crippen LogP contribution in [-0.4, -0.2) is 42.4 Å². The van der Waals surface area contributed by atoms with Gasteiger partial charge in [0.25, 0.3) is 5.91 Å². The van der Waals surface area contributed by atoms with Gasteiger partial charge in [0.05, 0.1) is 0 Å². The first kappa shape index (κ1) is 13.7. The van der Waals surface area contributed by atoms with Crippen molar-refractivity contribution in [2.45, 2.75) is 25.0 Å². The molecule has 1 fully saturated rings. The third kappa shape index (κ3) is 2.92. The Hall–Kier alpha value is -2.28. The molecule has 1 amide bonds. The Balaban J connectivity index is 1.64. The van der Waals surface area contributed by atoms with Crippen molar-refractivity contribution in [1.82, 2.24) is 0 Å². The smallest absolute Gasteiger partial charge is 0.332 e. The topological polar surface area (TPSA) is 94.1 Å². The van der Waals surface area contributed by atoms with Gasteiger partial charge in [-0.2, -0.15) is 0 Å². The zero-order valence-electron chi connectivity index (χ0n) is 11.2. The Morgan fingerprint density at radius 2 is 1.81 bits per heavy atom. The summed E-state index contributed by atoms with van der Waals surface area (Å²) in [4.78, 5) is 22.9. The summed E-state index contributed by atoms with van der Waals surface area (Å²) in [5.41, 5.74) is 0.562. The molecule has 1 saturated heterocycles. The number of fused-ring (bicyclic) bond motifs is 1. The first-order valence-corrected chi connectivity index (χ1v) is 6.72. The van der Waals surface area contributed by atoms with E-state index in [0.29, 0.717) is 43.2 Å². The highest BCUT2D eigenvalue weighted by Crippen LogP contribution is 2.33. The molecule has 21 heavy (non-hydrogen) atoms. The van der Waals surface area contributed by atoms with E-state index in [2.05, 4.69) is 5.32 Å². The molecule has 7 nitrogen and oxygen atoms in total. The molecule has 2 unspecified atom stereocenters. The van der Waals surface area contributed by atoms with Crippen LogP contribution in [0.2, 0.25) is 0 Å². The summed E-state index contributed by atoms with van der Waals surface area (Å²) in [5.74, 6) is -0.169. The molecule has 2 aliphatic heterocycles. The van der Waals surface area contributed by atoms with Crippen molar-refractivity contribution in [2.75, 3.05) is 18.5 Å². The van der Waals surface area contributed by atoms with Gasteiger partial charge in [-0.05, 0) is 25.0 Å².